The number of fused-ring (bicyclic) bond motifs is 1. The molecule has 106 valence electrons. The molecule has 3 rings (SSSR count). The molecule has 5 heteroatoms. The Labute approximate surface area is 130 Å². The number of methoxy groups -OCH3 is 1. The summed E-state index contributed by atoms with van der Waals surface area (Å²) in [4.78, 5) is 25.8. The molecule has 1 amide bonds. The number of carbonyl (C=O) groups excluding carboxylic acids is 2. The predicted octanol–water partition coefficient (Wildman–Crippen LogP) is 3.40. The van der Waals surface area contributed by atoms with Crippen molar-refractivity contribution in [2.24, 2.45) is 0 Å². The van der Waals surface area contributed by atoms with Crippen LogP contribution in [0.3, 0.4) is 0 Å². The van der Waals surface area contributed by atoms with E-state index in [0.717, 1.165) is 15.7 Å². The monoisotopic (exact) mass is 345 g/mol. The number of ether oxygens (including phenoxy) is 1. The third-order valence-corrected chi connectivity index (χ3v) is 4.15. The van der Waals surface area contributed by atoms with E-state index in [-0.39, 0.29) is 5.91 Å². The highest BCUT2D eigenvalue weighted by atomic mass is 79.9. The molecule has 0 aliphatic carbocycles. The molecule has 0 aromatic heterocycles. The van der Waals surface area contributed by atoms with Gasteiger partial charge >= 0.3 is 5.97 Å². The van der Waals surface area contributed by atoms with Crippen LogP contribution in [0.25, 0.3) is 0 Å². The van der Waals surface area contributed by atoms with Crippen molar-refractivity contribution in [3.05, 3.63) is 63.6 Å². The average molecular weight is 346 g/mol. The van der Waals surface area contributed by atoms with Gasteiger partial charge in [0, 0.05) is 10.0 Å². The highest BCUT2D eigenvalue weighted by molar-refractivity contribution is 9.10. The second-order valence-electron chi connectivity index (χ2n) is 4.71. The van der Waals surface area contributed by atoms with Crippen LogP contribution >= 0.6 is 15.9 Å². The molecule has 0 unspecified atom stereocenters. The molecular formula is C16H12BrNO3. The van der Waals surface area contributed by atoms with E-state index in [1.165, 1.54) is 7.11 Å². The first kappa shape index (κ1) is 13.8. The highest BCUT2D eigenvalue weighted by Gasteiger charge is 2.30. The van der Waals surface area contributed by atoms with Gasteiger partial charge in [0.1, 0.15) is 0 Å². The van der Waals surface area contributed by atoms with Gasteiger partial charge in [0.2, 0.25) is 0 Å². The molecule has 1 aliphatic heterocycles. The maximum Gasteiger partial charge on any atom is 0.337 e. The number of hydrogen-bond acceptors (Lipinski definition) is 3. The molecule has 0 bridgehead atoms. The Morgan fingerprint density at radius 2 is 2.00 bits per heavy atom. The zero-order chi connectivity index (χ0) is 15.0. The van der Waals surface area contributed by atoms with Crippen LogP contribution in [0.5, 0.6) is 0 Å². The van der Waals surface area contributed by atoms with Gasteiger partial charge in [0.15, 0.2) is 0 Å². The van der Waals surface area contributed by atoms with E-state index in [9.17, 15) is 9.59 Å². The van der Waals surface area contributed by atoms with Gasteiger partial charge < -0.3 is 9.64 Å². The van der Waals surface area contributed by atoms with Gasteiger partial charge in [-0.1, -0.05) is 18.2 Å². The number of amides is 1. The summed E-state index contributed by atoms with van der Waals surface area (Å²) >= 11 is 3.46. The van der Waals surface area contributed by atoms with Gasteiger partial charge in [-0.3, -0.25) is 4.79 Å². The lowest BCUT2D eigenvalue weighted by Gasteiger charge is -2.17. The first-order valence-corrected chi connectivity index (χ1v) is 7.18. The van der Waals surface area contributed by atoms with Gasteiger partial charge in [-0.15, -0.1) is 0 Å². The van der Waals surface area contributed by atoms with E-state index in [0.29, 0.717) is 17.7 Å². The van der Waals surface area contributed by atoms with Gasteiger partial charge in [-0.05, 0) is 45.8 Å². The third-order valence-electron chi connectivity index (χ3n) is 3.48. The van der Waals surface area contributed by atoms with Crippen molar-refractivity contribution in [3.8, 4) is 0 Å². The van der Waals surface area contributed by atoms with Crippen molar-refractivity contribution in [1.82, 2.24) is 0 Å². The number of anilines is 1. The van der Waals surface area contributed by atoms with E-state index in [4.69, 9.17) is 4.74 Å². The Morgan fingerprint density at radius 1 is 1.24 bits per heavy atom. The molecule has 0 atom stereocenters. The van der Waals surface area contributed by atoms with Crippen LogP contribution in [-0.2, 0) is 11.3 Å². The van der Waals surface area contributed by atoms with Gasteiger partial charge in [0.25, 0.3) is 5.91 Å². The molecule has 1 aliphatic rings. The quantitative estimate of drug-likeness (QED) is 0.783. The normalized spacial score (nSPS) is 13.2. The SMILES string of the molecule is COC(=O)c1ccc2c(c1)C(=O)N(c1ccccc1Br)C2. The zero-order valence-electron chi connectivity index (χ0n) is 11.3. The number of esters is 1. The summed E-state index contributed by atoms with van der Waals surface area (Å²) in [5, 5.41) is 0. The molecule has 1 heterocycles. The Kier molecular flexibility index (Phi) is 3.51. The first-order chi connectivity index (χ1) is 10.1. The molecule has 21 heavy (non-hydrogen) atoms. The number of benzene rings is 2. The number of rotatable bonds is 2. The molecule has 2 aromatic rings. The summed E-state index contributed by atoms with van der Waals surface area (Å²) in [7, 11) is 1.32. The van der Waals surface area contributed by atoms with Crippen LogP contribution in [0.4, 0.5) is 5.69 Å². The minimum atomic E-state index is -0.440. The van der Waals surface area contributed by atoms with E-state index in [2.05, 4.69) is 15.9 Å². The average Bonchev–Trinajstić information content (AvgIpc) is 2.83. The minimum absolute atomic E-state index is 0.109. The van der Waals surface area contributed by atoms with Crippen molar-refractivity contribution >= 4 is 33.5 Å². The maximum absolute atomic E-state index is 12.6. The van der Waals surface area contributed by atoms with Crippen LogP contribution < -0.4 is 4.90 Å². The van der Waals surface area contributed by atoms with Crippen molar-refractivity contribution in [2.45, 2.75) is 6.54 Å². The predicted molar refractivity (Wildman–Crippen MR) is 82.4 cm³/mol. The number of hydrogen-bond donors (Lipinski definition) is 0. The Balaban J connectivity index is 2.00. The van der Waals surface area contributed by atoms with Crippen LogP contribution in [0.2, 0.25) is 0 Å². The number of carbonyl (C=O) groups is 2. The third kappa shape index (κ3) is 2.34. The Hall–Kier alpha value is -2.14. The van der Waals surface area contributed by atoms with E-state index < -0.39 is 5.97 Å². The number of nitrogens with zero attached hydrogens (tertiary/aromatic N) is 1. The molecule has 0 radical (unpaired) electrons. The topological polar surface area (TPSA) is 46.6 Å². The molecule has 4 nitrogen and oxygen atoms in total. The zero-order valence-corrected chi connectivity index (χ0v) is 12.9. The minimum Gasteiger partial charge on any atom is -0.465 e. The van der Waals surface area contributed by atoms with E-state index in [1.54, 1.807) is 23.1 Å². The lowest BCUT2D eigenvalue weighted by Crippen LogP contribution is -2.23. The van der Waals surface area contributed by atoms with Crippen LogP contribution in [-0.4, -0.2) is 19.0 Å². The largest absolute Gasteiger partial charge is 0.465 e. The van der Waals surface area contributed by atoms with Crippen molar-refractivity contribution in [1.29, 1.82) is 0 Å². The summed E-state index contributed by atoms with van der Waals surface area (Å²) in [6, 6.07) is 12.6. The Bertz CT molecular complexity index is 742. The van der Waals surface area contributed by atoms with E-state index >= 15 is 0 Å². The summed E-state index contributed by atoms with van der Waals surface area (Å²) in [6.45, 7) is 0.498. The lowest BCUT2D eigenvalue weighted by molar-refractivity contribution is 0.0600. The van der Waals surface area contributed by atoms with Gasteiger partial charge in [-0.25, -0.2) is 4.79 Å². The number of halogens is 1. The molecule has 0 saturated carbocycles. The fraction of sp³-hybridized carbons (Fsp3) is 0.125. The highest BCUT2D eigenvalue weighted by Crippen LogP contribution is 2.33. The molecule has 0 saturated heterocycles. The summed E-state index contributed by atoms with van der Waals surface area (Å²) in [5.41, 5.74) is 2.66. The maximum atomic E-state index is 12.6. The second kappa shape index (κ2) is 5.33. The fourth-order valence-corrected chi connectivity index (χ4v) is 2.91. The van der Waals surface area contributed by atoms with Crippen LogP contribution in [0.15, 0.2) is 46.9 Å². The van der Waals surface area contributed by atoms with Gasteiger partial charge in [0.05, 0.1) is 24.9 Å². The lowest BCUT2D eigenvalue weighted by atomic mass is 10.1. The van der Waals surface area contributed by atoms with Gasteiger partial charge in [-0.2, -0.15) is 0 Å². The summed E-state index contributed by atoms with van der Waals surface area (Å²) in [6.07, 6.45) is 0. The standard InChI is InChI=1S/C16H12BrNO3/c1-21-16(20)10-6-7-11-9-18(15(19)12(11)8-10)14-5-3-2-4-13(14)17/h2-8H,9H2,1H3. The molecule has 0 fully saturated rings. The second-order valence-corrected chi connectivity index (χ2v) is 5.56. The summed E-state index contributed by atoms with van der Waals surface area (Å²) in [5.74, 6) is -0.549. The Morgan fingerprint density at radius 3 is 2.71 bits per heavy atom. The number of para-hydroxylation sites is 1. The van der Waals surface area contributed by atoms with E-state index in [1.807, 2.05) is 24.3 Å². The van der Waals surface area contributed by atoms with Crippen LogP contribution in [0.1, 0.15) is 26.3 Å². The van der Waals surface area contributed by atoms with Crippen molar-refractivity contribution in [3.63, 3.8) is 0 Å². The summed E-state index contributed by atoms with van der Waals surface area (Å²) < 4.78 is 5.55. The molecular weight excluding hydrogens is 334 g/mol. The van der Waals surface area contributed by atoms with Crippen molar-refractivity contribution in [2.75, 3.05) is 12.0 Å². The molecule has 2 aromatic carbocycles. The first-order valence-electron chi connectivity index (χ1n) is 6.39. The molecule has 0 spiro atoms. The van der Waals surface area contributed by atoms with Crippen LogP contribution in [0, 0.1) is 0 Å². The van der Waals surface area contributed by atoms with Crippen molar-refractivity contribution < 1.29 is 14.3 Å². The fourth-order valence-electron chi connectivity index (χ4n) is 2.41. The smallest absolute Gasteiger partial charge is 0.337 e. The molecule has 0 N–H and O–H groups in total.